The third-order valence-electron chi connectivity index (χ3n) is 3.32. The highest BCUT2D eigenvalue weighted by Gasteiger charge is 2.28. The van der Waals surface area contributed by atoms with Crippen molar-refractivity contribution in [2.24, 2.45) is 11.7 Å². The summed E-state index contributed by atoms with van der Waals surface area (Å²) >= 11 is 0. The number of amides is 1. The first-order chi connectivity index (χ1) is 9.58. The van der Waals surface area contributed by atoms with Crippen LogP contribution < -0.4 is 10.6 Å². The Morgan fingerprint density at radius 1 is 1.25 bits per heavy atom. The number of rotatable bonds is 5. The molecule has 0 aliphatic heterocycles. The molecule has 5 nitrogen and oxygen atoms in total. The third-order valence-corrected chi connectivity index (χ3v) is 3.32. The zero-order chi connectivity index (χ0) is 14.5. The predicted octanol–water partition coefficient (Wildman–Crippen LogP) is 1.40. The molecule has 0 radical (unpaired) electrons. The van der Waals surface area contributed by atoms with E-state index in [1.54, 1.807) is 12.1 Å². The number of carbonyl (C=O) groups excluding carboxylic acids is 1. The van der Waals surface area contributed by atoms with Gasteiger partial charge in [-0.1, -0.05) is 30.4 Å². The van der Waals surface area contributed by atoms with E-state index in [0.717, 1.165) is 0 Å². The minimum absolute atomic E-state index is 0.0802. The van der Waals surface area contributed by atoms with Gasteiger partial charge in [0.25, 0.3) is 0 Å². The number of para-hydroxylation sites is 1. The molecule has 2 atom stereocenters. The summed E-state index contributed by atoms with van der Waals surface area (Å²) in [5.74, 6) is -1.28. The Kier molecular flexibility index (Phi) is 4.53. The molecule has 5 heteroatoms. The van der Waals surface area contributed by atoms with Crippen molar-refractivity contribution in [2.75, 3.05) is 11.4 Å². The number of carbonyl (C=O) groups is 2. The molecule has 1 aromatic rings. The normalized spacial score (nSPS) is 20.9. The van der Waals surface area contributed by atoms with Gasteiger partial charge in [-0.15, -0.1) is 0 Å². The highest BCUT2D eigenvalue weighted by Crippen LogP contribution is 2.23. The lowest BCUT2D eigenvalue weighted by molar-refractivity contribution is -0.136. The Morgan fingerprint density at radius 2 is 1.95 bits per heavy atom. The van der Waals surface area contributed by atoms with Gasteiger partial charge in [0.15, 0.2) is 0 Å². The molecule has 0 aromatic heterocycles. The highest BCUT2D eigenvalue weighted by atomic mass is 16.4. The summed E-state index contributed by atoms with van der Waals surface area (Å²) in [5, 5.41) is 8.83. The van der Waals surface area contributed by atoms with Crippen molar-refractivity contribution in [3.63, 3.8) is 0 Å². The summed E-state index contributed by atoms with van der Waals surface area (Å²) < 4.78 is 0. The van der Waals surface area contributed by atoms with Gasteiger partial charge in [-0.25, -0.2) is 0 Å². The average Bonchev–Trinajstić information content (AvgIpc) is 2.86. The molecule has 0 spiro atoms. The van der Waals surface area contributed by atoms with Gasteiger partial charge in [-0.3, -0.25) is 9.59 Å². The molecule has 0 heterocycles. The first-order valence-electron chi connectivity index (χ1n) is 6.60. The first kappa shape index (κ1) is 14.3. The fourth-order valence-corrected chi connectivity index (χ4v) is 2.29. The SMILES string of the molecule is NC1C=CC(C(=O)N(CCC(=O)O)c2ccccc2)C1. The Labute approximate surface area is 117 Å². The second-order valence-electron chi connectivity index (χ2n) is 4.86. The summed E-state index contributed by atoms with van der Waals surface area (Å²) in [7, 11) is 0. The Bertz CT molecular complexity index is 513. The number of nitrogens with zero attached hydrogens (tertiary/aromatic N) is 1. The van der Waals surface area contributed by atoms with Crippen molar-refractivity contribution >= 4 is 17.6 Å². The number of benzene rings is 1. The van der Waals surface area contributed by atoms with Crippen LogP contribution in [0.25, 0.3) is 0 Å². The Morgan fingerprint density at radius 3 is 2.50 bits per heavy atom. The summed E-state index contributed by atoms with van der Waals surface area (Å²) in [6.45, 7) is 0.164. The molecule has 0 saturated carbocycles. The van der Waals surface area contributed by atoms with Crippen LogP contribution in [0.1, 0.15) is 12.8 Å². The Balaban J connectivity index is 2.16. The van der Waals surface area contributed by atoms with Gasteiger partial charge in [0.05, 0.1) is 12.3 Å². The second kappa shape index (κ2) is 6.34. The number of nitrogens with two attached hydrogens (primary N) is 1. The van der Waals surface area contributed by atoms with Crippen molar-refractivity contribution in [3.05, 3.63) is 42.5 Å². The average molecular weight is 274 g/mol. The lowest BCUT2D eigenvalue weighted by Crippen LogP contribution is -2.37. The van der Waals surface area contributed by atoms with Crippen LogP contribution in [0.2, 0.25) is 0 Å². The van der Waals surface area contributed by atoms with Crippen molar-refractivity contribution < 1.29 is 14.7 Å². The molecule has 106 valence electrons. The number of carboxylic acid groups (broad SMARTS) is 1. The molecule has 1 amide bonds. The van der Waals surface area contributed by atoms with Gasteiger partial charge in [0, 0.05) is 18.3 Å². The van der Waals surface area contributed by atoms with Gasteiger partial charge in [-0.05, 0) is 18.6 Å². The van der Waals surface area contributed by atoms with Crippen LogP contribution in [-0.4, -0.2) is 29.6 Å². The topological polar surface area (TPSA) is 83.6 Å². The molecule has 1 aromatic carbocycles. The van der Waals surface area contributed by atoms with E-state index in [-0.39, 0.29) is 30.8 Å². The molecule has 20 heavy (non-hydrogen) atoms. The molecular formula is C15H18N2O3. The van der Waals surface area contributed by atoms with Gasteiger partial charge in [-0.2, -0.15) is 0 Å². The lowest BCUT2D eigenvalue weighted by Gasteiger charge is -2.25. The van der Waals surface area contributed by atoms with Crippen molar-refractivity contribution in [3.8, 4) is 0 Å². The quantitative estimate of drug-likeness (QED) is 0.795. The summed E-state index contributed by atoms with van der Waals surface area (Å²) in [4.78, 5) is 24.8. The summed E-state index contributed by atoms with van der Waals surface area (Å²) in [6, 6.07) is 9.02. The van der Waals surface area contributed by atoms with E-state index in [1.165, 1.54) is 4.90 Å². The third kappa shape index (κ3) is 3.45. The molecule has 2 rings (SSSR count). The largest absolute Gasteiger partial charge is 0.481 e. The maximum atomic E-state index is 12.5. The predicted molar refractivity (Wildman–Crippen MR) is 76.3 cm³/mol. The Hall–Kier alpha value is -2.14. The summed E-state index contributed by atoms with van der Waals surface area (Å²) in [6.07, 6.45) is 4.13. The second-order valence-corrected chi connectivity index (χ2v) is 4.86. The van der Waals surface area contributed by atoms with Gasteiger partial charge < -0.3 is 15.7 Å². The van der Waals surface area contributed by atoms with E-state index in [0.29, 0.717) is 12.1 Å². The van der Waals surface area contributed by atoms with E-state index in [9.17, 15) is 9.59 Å². The first-order valence-corrected chi connectivity index (χ1v) is 6.60. The van der Waals surface area contributed by atoms with Crippen LogP contribution in [0.4, 0.5) is 5.69 Å². The minimum Gasteiger partial charge on any atom is -0.481 e. The van der Waals surface area contributed by atoms with Gasteiger partial charge in [0.1, 0.15) is 0 Å². The van der Waals surface area contributed by atoms with Crippen LogP contribution >= 0.6 is 0 Å². The number of hydrogen-bond donors (Lipinski definition) is 2. The molecular weight excluding hydrogens is 256 g/mol. The minimum atomic E-state index is -0.919. The lowest BCUT2D eigenvalue weighted by atomic mass is 10.1. The zero-order valence-electron chi connectivity index (χ0n) is 11.1. The van der Waals surface area contributed by atoms with Gasteiger partial charge in [0.2, 0.25) is 5.91 Å². The van der Waals surface area contributed by atoms with E-state index >= 15 is 0 Å². The number of carboxylic acids is 1. The maximum Gasteiger partial charge on any atom is 0.305 e. The molecule has 1 aliphatic rings. The van der Waals surface area contributed by atoms with Crippen molar-refractivity contribution in [1.82, 2.24) is 0 Å². The van der Waals surface area contributed by atoms with E-state index in [1.807, 2.05) is 30.4 Å². The van der Waals surface area contributed by atoms with Crippen molar-refractivity contribution in [1.29, 1.82) is 0 Å². The number of anilines is 1. The maximum absolute atomic E-state index is 12.5. The standard InChI is InChI=1S/C15H18N2O3/c16-12-7-6-11(10-12)15(20)17(9-8-14(18)19)13-4-2-1-3-5-13/h1-7,11-12H,8-10,16H2,(H,18,19). The molecule has 1 aliphatic carbocycles. The van der Waals surface area contributed by atoms with Crippen LogP contribution in [0.15, 0.2) is 42.5 Å². The molecule has 3 N–H and O–H groups in total. The van der Waals surface area contributed by atoms with Gasteiger partial charge >= 0.3 is 5.97 Å². The highest BCUT2D eigenvalue weighted by molar-refractivity contribution is 5.96. The number of aliphatic carboxylic acids is 1. The molecule has 0 saturated heterocycles. The number of hydrogen-bond acceptors (Lipinski definition) is 3. The monoisotopic (exact) mass is 274 g/mol. The molecule has 2 unspecified atom stereocenters. The van der Waals surface area contributed by atoms with E-state index in [2.05, 4.69) is 0 Å². The molecule has 0 bridgehead atoms. The van der Waals surface area contributed by atoms with E-state index in [4.69, 9.17) is 10.8 Å². The smallest absolute Gasteiger partial charge is 0.305 e. The van der Waals surface area contributed by atoms with E-state index < -0.39 is 5.97 Å². The fourth-order valence-electron chi connectivity index (χ4n) is 2.29. The van der Waals surface area contributed by atoms with Crippen LogP contribution in [0.5, 0.6) is 0 Å². The fraction of sp³-hybridized carbons (Fsp3) is 0.333. The van der Waals surface area contributed by atoms with Crippen LogP contribution in [0.3, 0.4) is 0 Å². The van der Waals surface area contributed by atoms with Crippen LogP contribution in [-0.2, 0) is 9.59 Å². The van der Waals surface area contributed by atoms with Crippen molar-refractivity contribution in [2.45, 2.75) is 18.9 Å². The zero-order valence-corrected chi connectivity index (χ0v) is 11.1. The molecule has 0 fully saturated rings. The van der Waals surface area contributed by atoms with Crippen LogP contribution in [0, 0.1) is 5.92 Å². The summed E-state index contributed by atoms with van der Waals surface area (Å²) in [5.41, 5.74) is 6.49.